The quantitative estimate of drug-likeness (QED) is 0.610. The van der Waals surface area contributed by atoms with Gasteiger partial charge in [-0.15, -0.1) is 0 Å². The van der Waals surface area contributed by atoms with E-state index in [2.05, 4.69) is 5.32 Å². The fourth-order valence-corrected chi connectivity index (χ4v) is 2.02. The summed E-state index contributed by atoms with van der Waals surface area (Å²) in [4.78, 5) is 11.9. The van der Waals surface area contributed by atoms with Gasteiger partial charge in [-0.1, -0.05) is 13.8 Å². The van der Waals surface area contributed by atoms with Gasteiger partial charge in [0.15, 0.2) is 0 Å². The summed E-state index contributed by atoms with van der Waals surface area (Å²) in [6.45, 7) is 5.70. The Morgan fingerprint density at radius 1 is 1.37 bits per heavy atom. The monoisotopic (exact) mass is 267 g/mol. The molecule has 19 heavy (non-hydrogen) atoms. The number of hydrogen-bond donors (Lipinski definition) is 4. The van der Waals surface area contributed by atoms with Crippen molar-refractivity contribution in [3.05, 3.63) is 23.8 Å². The maximum atomic E-state index is 11.9. The number of phenolic OH excluding ortho intramolecular Hbond substituents is 2. The molecule has 1 aromatic carbocycles. The van der Waals surface area contributed by atoms with Crippen LogP contribution < -0.4 is 5.32 Å². The molecule has 4 N–H and O–H groups in total. The van der Waals surface area contributed by atoms with Gasteiger partial charge in [-0.2, -0.15) is 0 Å². The van der Waals surface area contributed by atoms with Crippen molar-refractivity contribution in [1.82, 2.24) is 5.32 Å². The molecule has 0 spiro atoms. The van der Waals surface area contributed by atoms with Gasteiger partial charge in [0, 0.05) is 6.54 Å². The number of aromatic hydroxyl groups is 2. The van der Waals surface area contributed by atoms with Gasteiger partial charge in [0.1, 0.15) is 11.5 Å². The fourth-order valence-electron chi connectivity index (χ4n) is 2.02. The summed E-state index contributed by atoms with van der Waals surface area (Å²) in [6, 6.07) is 3.72. The standard InChI is InChI=1S/C14H21NO4/c1-9(2)7-14(3,19)8-15-13(18)11-6-10(16)4-5-12(11)17/h4-6,9,16-17,19H,7-8H2,1-3H3,(H,15,18). The highest BCUT2D eigenvalue weighted by molar-refractivity contribution is 5.97. The number of aliphatic hydroxyl groups is 1. The molecule has 1 rings (SSSR count). The Morgan fingerprint density at radius 2 is 2.00 bits per heavy atom. The van der Waals surface area contributed by atoms with Gasteiger partial charge < -0.3 is 20.6 Å². The van der Waals surface area contributed by atoms with Crippen molar-refractivity contribution in [3.63, 3.8) is 0 Å². The Balaban J connectivity index is 2.68. The van der Waals surface area contributed by atoms with Crippen LogP contribution in [0.15, 0.2) is 18.2 Å². The SMILES string of the molecule is CC(C)CC(C)(O)CNC(=O)c1cc(O)ccc1O. The van der Waals surface area contributed by atoms with Crippen molar-refractivity contribution in [2.24, 2.45) is 5.92 Å². The van der Waals surface area contributed by atoms with E-state index in [0.29, 0.717) is 12.3 Å². The molecule has 1 aromatic rings. The van der Waals surface area contributed by atoms with E-state index in [1.165, 1.54) is 18.2 Å². The lowest BCUT2D eigenvalue weighted by Crippen LogP contribution is -2.41. The highest BCUT2D eigenvalue weighted by Crippen LogP contribution is 2.22. The first-order valence-corrected chi connectivity index (χ1v) is 6.24. The predicted octanol–water partition coefficient (Wildman–Crippen LogP) is 1.62. The number of carbonyl (C=O) groups excluding carboxylic acids is 1. The average Bonchev–Trinajstić information content (AvgIpc) is 2.27. The summed E-state index contributed by atoms with van der Waals surface area (Å²) in [5, 5.41) is 31.5. The van der Waals surface area contributed by atoms with E-state index in [9.17, 15) is 20.1 Å². The van der Waals surface area contributed by atoms with Crippen LogP contribution in [0.25, 0.3) is 0 Å². The third-order valence-electron chi connectivity index (χ3n) is 2.70. The molecule has 5 heteroatoms. The van der Waals surface area contributed by atoms with Crippen molar-refractivity contribution < 1.29 is 20.1 Å². The summed E-state index contributed by atoms with van der Waals surface area (Å²) in [6.07, 6.45) is 0.555. The second kappa shape index (κ2) is 5.93. The first-order valence-electron chi connectivity index (χ1n) is 6.24. The van der Waals surface area contributed by atoms with Crippen LogP contribution in [0.2, 0.25) is 0 Å². The fraction of sp³-hybridized carbons (Fsp3) is 0.500. The Bertz CT molecular complexity index is 455. The van der Waals surface area contributed by atoms with Crippen LogP contribution in [0.3, 0.4) is 0 Å². The van der Waals surface area contributed by atoms with E-state index >= 15 is 0 Å². The Kier molecular flexibility index (Phi) is 4.78. The Labute approximate surface area is 112 Å². The third-order valence-corrected chi connectivity index (χ3v) is 2.70. The van der Waals surface area contributed by atoms with E-state index in [0.717, 1.165) is 0 Å². The second-order valence-electron chi connectivity index (χ2n) is 5.48. The highest BCUT2D eigenvalue weighted by atomic mass is 16.3. The summed E-state index contributed by atoms with van der Waals surface area (Å²) in [5.74, 6) is -0.533. The van der Waals surface area contributed by atoms with Gasteiger partial charge in [-0.3, -0.25) is 4.79 Å². The zero-order valence-corrected chi connectivity index (χ0v) is 11.5. The van der Waals surface area contributed by atoms with Gasteiger partial charge >= 0.3 is 0 Å². The molecule has 1 unspecified atom stereocenters. The van der Waals surface area contributed by atoms with Crippen LogP contribution in [-0.2, 0) is 0 Å². The molecule has 0 saturated heterocycles. The van der Waals surface area contributed by atoms with Gasteiger partial charge in [0.2, 0.25) is 0 Å². The summed E-state index contributed by atoms with van der Waals surface area (Å²) in [7, 11) is 0. The molecular formula is C14H21NO4. The van der Waals surface area contributed by atoms with Crippen LogP contribution in [0.4, 0.5) is 0 Å². The molecule has 0 bridgehead atoms. The summed E-state index contributed by atoms with van der Waals surface area (Å²) >= 11 is 0. The first kappa shape index (κ1) is 15.3. The van der Waals surface area contributed by atoms with E-state index in [1.54, 1.807) is 6.92 Å². The van der Waals surface area contributed by atoms with E-state index in [1.807, 2.05) is 13.8 Å². The molecule has 0 aromatic heterocycles. The molecule has 0 aliphatic rings. The first-order chi connectivity index (χ1) is 8.71. The molecule has 0 aliphatic carbocycles. The molecule has 0 heterocycles. The maximum Gasteiger partial charge on any atom is 0.255 e. The maximum absolute atomic E-state index is 11.9. The topological polar surface area (TPSA) is 89.8 Å². The molecule has 0 radical (unpaired) electrons. The van der Waals surface area contributed by atoms with Crippen molar-refractivity contribution in [2.45, 2.75) is 32.8 Å². The van der Waals surface area contributed by atoms with Crippen LogP contribution in [0.5, 0.6) is 11.5 Å². The van der Waals surface area contributed by atoms with Crippen molar-refractivity contribution in [2.75, 3.05) is 6.54 Å². The zero-order chi connectivity index (χ0) is 14.6. The number of rotatable bonds is 5. The average molecular weight is 267 g/mol. The Morgan fingerprint density at radius 3 is 2.58 bits per heavy atom. The molecule has 1 amide bonds. The van der Waals surface area contributed by atoms with Gasteiger partial charge in [0.25, 0.3) is 5.91 Å². The molecule has 0 fully saturated rings. The molecular weight excluding hydrogens is 246 g/mol. The molecule has 0 saturated carbocycles. The number of hydrogen-bond acceptors (Lipinski definition) is 4. The lowest BCUT2D eigenvalue weighted by molar-refractivity contribution is 0.0368. The second-order valence-corrected chi connectivity index (χ2v) is 5.48. The lowest BCUT2D eigenvalue weighted by atomic mass is 9.94. The van der Waals surface area contributed by atoms with E-state index in [4.69, 9.17) is 0 Å². The normalized spacial score (nSPS) is 14.2. The molecule has 106 valence electrons. The van der Waals surface area contributed by atoms with Crippen molar-refractivity contribution in [1.29, 1.82) is 0 Å². The minimum Gasteiger partial charge on any atom is -0.508 e. The third kappa shape index (κ3) is 4.79. The minimum atomic E-state index is -1.00. The lowest BCUT2D eigenvalue weighted by Gasteiger charge is -2.25. The molecule has 1 atom stereocenters. The van der Waals surface area contributed by atoms with Crippen LogP contribution in [-0.4, -0.2) is 33.4 Å². The zero-order valence-electron chi connectivity index (χ0n) is 11.5. The largest absolute Gasteiger partial charge is 0.508 e. The minimum absolute atomic E-state index is 0.0136. The summed E-state index contributed by atoms with van der Waals surface area (Å²) < 4.78 is 0. The highest BCUT2D eigenvalue weighted by Gasteiger charge is 2.23. The predicted molar refractivity (Wildman–Crippen MR) is 72.2 cm³/mol. The van der Waals surface area contributed by atoms with E-state index < -0.39 is 11.5 Å². The number of carbonyl (C=O) groups is 1. The van der Waals surface area contributed by atoms with Crippen LogP contribution >= 0.6 is 0 Å². The van der Waals surface area contributed by atoms with Gasteiger partial charge in [0.05, 0.1) is 11.2 Å². The Hall–Kier alpha value is -1.75. The van der Waals surface area contributed by atoms with Gasteiger partial charge in [-0.25, -0.2) is 0 Å². The van der Waals surface area contributed by atoms with Crippen LogP contribution in [0.1, 0.15) is 37.6 Å². The van der Waals surface area contributed by atoms with Crippen molar-refractivity contribution >= 4 is 5.91 Å². The summed E-state index contributed by atoms with van der Waals surface area (Å²) in [5.41, 5.74) is -1.02. The smallest absolute Gasteiger partial charge is 0.255 e. The number of amides is 1. The number of phenols is 2. The number of benzene rings is 1. The molecule has 5 nitrogen and oxygen atoms in total. The number of nitrogens with one attached hydrogen (secondary N) is 1. The van der Waals surface area contributed by atoms with Crippen molar-refractivity contribution in [3.8, 4) is 11.5 Å². The van der Waals surface area contributed by atoms with Gasteiger partial charge in [-0.05, 0) is 37.5 Å². The van der Waals surface area contributed by atoms with E-state index in [-0.39, 0.29) is 23.6 Å². The molecule has 0 aliphatic heterocycles. The van der Waals surface area contributed by atoms with Crippen LogP contribution in [0, 0.1) is 5.92 Å².